The Labute approximate surface area is 119 Å². The van der Waals surface area contributed by atoms with Crippen LogP contribution in [0, 0.1) is 5.82 Å². The molecule has 21 heavy (non-hydrogen) atoms. The van der Waals surface area contributed by atoms with E-state index in [9.17, 15) is 9.18 Å². The van der Waals surface area contributed by atoms with E-state index < -0.39 is 0 Å². The number of nitrogens with zero attached hydrogens (tertiary/aromatic N) is 4. The van der Waals surface area contributed by atoms with Crippen LogP contribution in [-0.2, 0) is 0 Å². The number of carbonyl (C=O) groups excluding carboxylic acids is 1. The Balaban J connectivity index is 1.73. The Kier molecular flexibility index (Phi) is 3.38. The number of hydrogen-bond donors (Lipinski definition) is 1. The van der Waals surface area contributed by atoms with Crippen LogP contribution < -0.4 is 5.32 Å². The highest BCUT2D eigenvalue weighted by molar-refractivity contribution is 6.04. The molecule has 0 aliphatic carbocycles. The molecule has 3 rings (SSSR count). The predicted octanol–water partition coefficient (Wildman–Crippen LogP) is 2.05. The lowest BCUT2D eigenvalue weighted by molar-refractivity contribution is 0.102. The standard InChI is InChI=1S/C14H10FN5O/c15-11-3-1-10(2-4-11)14(21)17-12-5-7-13(8-6-12)20-9-16-18-19-20/h1-9H,(H,17,21). The van der Waals surface area contributed by atoms with Crippen molar-refractivity contribution in [2.45, 2.75) is 0 Å². The van der Waals surface area contributed by atoms with Crippen LogP contribution >= 0.6 is 0 Å². The third-order valence-corrected chi connectivity index (χ3v) is 2.85. The molecule has 0 saturated carbocycles. The summed E-state index contributed by atoms with van der Waals surface area (Å²) >= 11 is 0. The number of rotatable bonds is 3. The van der Waals surface area contributed by atoms with Crippen LogP contribution in [0.4, 0.5) is 10.1 Å². The number of carbonyl (C=O) groups is 1. The van der Waals surface area contributed by atoms with E-state index in [2.05, 4.69) is 20.8 Å². The molecule has 0 aliphatic heterocycles. The summed E-state index contributed by atoms with van der Waals surface area (Å²) in [5.74, 6) is -0.678. The molecule has 0 fully saturated rings. The van der Waals surface area contributed by atoms with E-state index in [0.29, 0.717) is 11.3 Å². The van der Waals surface area contributed by atoms with Gasteiger partial charge >= 0.3 is 0 Å². The summed E-state index contributed by atoms with van der Waals surface area (Å²) < 4.78 is 14.3. The first-order chi connectivity index (χ1) is 10.2. The maximum Gasteiger partial charge on any atom is 0.255 e. The fourth-order valence-electron chi connectivity index (χ4n) is 1.78. The average Bonchev–Trinajstić information content (AvgIpc) is 3.03. The molecule has 6 nitrogen and oxygen atoms in total. The summed E-state index contributed by atoms with van der Waals surface area (Å²) in [6.07, 6.45) is 1.48. The Morgan fingerprint density at radius 2 is 1.76 bits per heavy atom. The van der Waals surface area contributed by atoms with E-state index >= 15 is 0 Å². The van der Waals surface area contributed by atoms with E-state index in [1.165, 1.54) is 35.3 Å². The lowest BCUT2D eigenvalue weighted by atomic mass is 10.2. The maximum atomic E-state index is 12.8. The minimum absolute atomic E-state index is 0.301. The minimum Gasteiger partial charge on any atom is -0.322 e. The Hall–Kier alpha value is -3.09. The molecule has 0 aliphatic rings. The van der Waals surface area contributed by atoms with Gasteiger partial charge in [-0.1, -0.05) is 0 Å². The maximum absolute atomic E-state index is 12.8. The third kappa shape index (κ3) is 2.92. The molecule has 2 aromatic carbocycles. The number of aromatic nitrogens is 4. The smallest absolute Gasteiger partial charge is 0.255 e. The molecule has 0 radical (unpaired) electrons. The highest BCUT2D eigenvalue weighted by Crippen LogP contribution is 2.13. The number of benzene rings is 2. The Bertz CT molecular complexity index is 738. The number of nitrogens with one attached hydrogen (secondary N) is 1. The molecule has 0 bridgehead atoms. The van der Waals surface area contributed by atoms with Gasteiger partial charge in [0, 0.05) is 11.3 Å². The van der Waals surface area contributed by atoms with Crippen molar-refractivity contribution in [1.29, 1.82) is 0 Å². The summed E-state index contributed by atoms with van der Waals surface area (Å²) in [5, 5.41) is 13.6. The lowest BCUT2D eigenvalue weighted by Crippen LogP contribution is -2.11. The summed E-state index contributed by atoms with van der Waals surface area (Å²) in [4.78, 5) is 12.0. The van der Waals surface area contributed by atoms with Gasteiger partial charge in [-0.2, -0.15) is 0 Å². The van der Waals surface area contributed by atoms with Gasteiger partial charge in [-0.3, -0.25) is 4.79 Å². The molecule has 0 atom stereocenters. The zero-order valence-electron chi connectivity index (χ0n) is 10.8. The summed E-state index contributed by atoms with van der Waals surface area (Å²) in [6.45, 7) is 0. The fourth-order valence-corrected chi connectivity index (χ4v) is 1.78. The molecule has 0 saturated heterocycles. The van der Waals surface area contributed by atoms with Gasteiger partial charge in [0.15, 0.2) is 0 Å². The highest BCUT2D eigenvalue weighted by atomic mass is 19.1. The van der Waals surface area contributed by atoms with E-state index in [-0.39, 0.29) is 11.7 Å². The second-order valence-electron chi connectivity index (χ2n) is 4.26. The summed E-state index contributed by atoms with van der Waals surface area (Å²) in [6, 6.07) is 12.4. The van der Waals surface area contributed by atoms with E-state index in [1.807, 2.05) is 0 Å². The number of hydrogen-bond acceptors (Lipinski definition) is 4. The van der Waals surface area contributed by atoms with Crippen molar-refractivity contribution >= 4 is 11.6 Å². The molecular formula is C14H10FN5O. The first kappa shape index (κ1) is 12.9. The van der Waals surface area contributed by atoms with Crippen molar-refractivity contribution < 1.29 is 9.18 Å². The van der Waals surface area contributed by atoms with Gasteiger partial charge in [0.2, 0.25) is 0 Å². The Morgan fingerprint density at radius 3 is 2.38 bits per heavy atom. The van der Waals surface area contributed by atoms with E-state index in [1.54, 1.807) is 24.3 Å². The van der Waals surface area contributed by atoms with Crippen LogP contribution in [0.25, 0.3) is 5.69 Å². The first-order valence-electron chi connectivity index (χ1n) is 6.13. The van der Waals surface area contributed by atoms with Gasteiger partial charge in [0.25, 0.3) is 5.91 Å². The molecular weight excluding hydrogens is 273 g/mol. The topological polar surface area (TPSA) is 72.7 Å². The van der Waals surface area contributed by atoms with Crippen LogP contribution in [0.5, 0.6) is 0 Å². The molecule has 1 amide bonds. The summed E-state index contributed by atoms with van der Waals surface area (Å²) in [7, 11) is 0. The number of amides is 1. The van der Waals surface area contributed by atoms with Crippen molar-refractivity contribution in [2.75, 3.05) is 5.32 Å². The van der Waals surface area contributed by atoms with Gasteiger partial charge in [-0.15, -0.1) is 5.10 Å². The molecule has 1 heterocycles. The van der Waals surface area contributed by atoms with Gasteiger partial charge in [0.05, 0.1) is 5.69 Å². The quantitative estimate of drug-likeness (QED) is 0.798. The molecule has 0 spiro atoms. The predicted molar refractivity (Wildman–Crippen MR) is 73.5 cm³/mol. The second kappa shape index (κ2) is 5.49. The van der Waals surface area contributed by atoms with Crippen molar-refractivity contribution in [3.8, 4) is 5.69 Å². The largest absolute Gasteiger partial charge is 0.322 e. The number of tetrazole rings is 1. The molecule has 3 aromatic rings. The SMILES string of the molecule is O=C(Nc1ccc(-n2cnnn2)cc1)c1ccc(F)cc1. The Morgan fingerprint density at radius 1 is 1.05 bits per heavy atom. The number of halogens is 1. The first-order valence-corrected chi connectivity index (χ1v) is 6.13. The number of anilines is 1. The molecule has 0 unspecified atom stereocenters. The van der Waals surface area contributed by atoms with Crippen molar-refractivity contribution in [3.05, 3.63) is 66.2 Å². The van der Waals surface area contributed by atoms with Crippen molar-refractivity contribution in [1.82, 2.24) is 20.2 Å². The fraction of sp³-hybridized carbons (Fsp3) is 0. The lowest BCUT2D eigenvalue weighted by Gasteiger charge is -2.06. The van der Waals surface area contributed by atoms with Crippen molar-refractivity contribution in [3.63, 3.8) is 0 Å². The zero-order valence-corrected chi connectivity index (χ0v) is 10.8. The molecule has 7 heteroatoms. The van der Waals surface area contributed by atoms with Crippen LogP contribution in [0.3, 0.4) is 0 Å². The molecule has 104 valence electrons. The summed E-state index contributed by atoms with van der Waals surface area (Å²) in [5.41, 5.74) is 1.79. The van der Waals surface area contributed by atoms with Crippen LogP contribution in [0.1, 0.15) is 10.4 Å². The monoisotopic (exact) mass is 283 g/mol. The van der Waals surface area contributed by atoms with Gasteiger partial charge < -0.3 is 5.32 Å². The van der Waals surface area contributed by atoms with Gasteiger partial charge in [0.1, 0.15) is 12.1 Å². The van der Waals surface area contributed by atoms with Gasteiger partial charge in [-0.05, 0) is 59.0 Å². The minimum atomic E-state index is -0.377. The van der Waals surface area contributed by atoms with Crippen LogP contribution in [-0.4, -0.2) is 26.1 Å². The molecule has 1 aromatic heterocycles. The normalized spacial score (nSPS) is 10.3. The van der Waals surface area contributed by atoms with Crippen LogP contribution in [0.2, 0.25) is 0 Å². The van der Waals surface area contributed by atoms with Crippen LogP contribution in [0.15, 0.2) is 54.9 Å². The highest BCUT2D eigenvalue weighted by Gasteiger charge is 2.06. The van der Waals surface area contributed by atoms with Gasteiger partial charge in [-0.25, -0.2) is 9.07 Å². The third-order valence-electron chi connectivity index (χ3n) is 2.85. The second-order valence-corrected chi connectivity index (χ2v) is 4.26. The van der Waals surface area contributed by atoms with E-state index in [0.717, 1.165) is 5.69 Å². The zero-order chi connectivity index (χ0) is 14.7. The van der Waals surface area contributed by atoms with Crippen molar-refractivity contribution in [2.24, 2.45) is 0 Å². The average molecular weight is 283 g/mol. The molecule has 1 N–H and O–H groups in total. The van der Waals surface area contributed by atoms with E-state index in [4.69, 9.17) is 0 Å².